The van der Waals surface area contributed by atoms with Gasteiger partial charge in [-0.2, -0.15) is 15.8 Å². The number of benzene rings is 6. The Balaban J connectivity index is 1.61. The summed E-state index contributed by atoms with van der Waals surface area (Å²) in [5.74, 6) is 0. The van der Waals surface area contributed by atoms with E-state index in [-0.39, 0.29) is 0 Å². The first kappa shape index (κ1) is 27.4. The molecule has 8 aromatic rings. The van der Waals surface area contributed by atoms with Crippen molar-refractivity contribution >= 4 is 49.3 Å². The second-order valence-electron chi connectivity index (χ2n) is 11.6. The maximum Gasteiger partial charge on any atom is 0.188 e. The van der Waals surface area contributed by atoms with Gasteiger partial charge in [-0.15, -0.1) is 0 Å². The molecule has 0 aliphatic rings. The molecule has 0 N–H and O–H groups in total. The number of aromatic nitrogens is 2. The zero-order valence-corrected chi connectivity index (χ0v) is 25.2. The van der Waals surface area contributed by atoms with Gasteiger partial charge >= 0.3 is 0 Å². The Morgan fingerprint density at radius 1 is 0.532 bits per heavy atom. The summed E-state index contributed by atoms with van der Waals surface area (Å²) in [5.41, 5.74) is 9.92. The molecular formula is C41H22N6. The Bertz CT molecular complexity index is 2650. The molecule has 8 rings (SSSR count). The Hall–Kier alpha value is -7.12. The number of hydrogen-bond donors (Lipinski definition) is 0. The van der Waals surface area contributed by atoms with Crippen molar-refractivity contribution in [1.82, 2.24) is 9.13 Å². The van der Waals surface area contributed by atoms with Crippen molar-refractivity contribution in [3.05, 3.63) is 149 Å². The largest absolute Gasteiger partial charge is 0.309 e. The standard InChI is InChI=1S/C41H22N6/c1-25-15-27(23-43)17-29(16-25)41-39(46-35-9-5-3-7-31(35)33-18-26(22-42)11-13-37(33)46)19-28(24-44)20-40(41)47-36-10-6-4-8-32(36)34-21-30(45-2)12-14-38(34)47/h3-21H,1H3. The molecular weight excluding hydrogens is 576 g/mol. The maximum atomic E-state index is 10.5. The lowest BCUT2D eigenvalue weighted by molar-refractivity contribution is 1.13. The quantitative estimate of drug-likeness (QED) is 0.190. The van der Waals surface area contributed by atoms with Gasteiger partial charge in [-0.25, -0.2) is 4.85 Å². The number of hydrogen-bond acceptors (Lipinski definition) is 3. The maximum absolute atomic E-state index is 10.5. The Labute approximate surface area is 270 Å². The fraction of sp³-hybridized carbons (Fsp3) is 0.0244. The highest BCUT2D eigenvalue weighted by Crippen LogP contribution is 2.43. The van der Waals surface area contributed by atoms with Crippen LogP contribution in [0.5, 0.6) is 0 Å². The number of rotatable bonds is 3. The summed E-state index contributed by atoms with van der Waals surface area (Å²) in [4.78, 5) is 3.69. The lowest BCUT2D eigenvalue weighted by atomic mass is 9.95. The van der Waals surface area contributed by atoms with E-state index in [1.54, 1.807) is 0 Å². The lowest BCUT2D eigenvalue weighted by Gasteiger charge is -2.21. The van der Waals surface area contributed by atoms with Gasteiger partial charge in [0.25, 0.3) is 0 Å². The van der Waals surface area contributed by atoms with Crippen LogP contribution in [0.2, 0.25) is 0 Å². The number of nitrogens with zero attached hydrogens (tertiary/aromatic N) is 6. The molecule has 0 unspecified atom stereocenters. The zero-order chi connectivity index (χ0) is 32.2. The van der Waals surface area contributed by atoms with Gasteiger partial charge in [-0.05, 0) is 90.2 Å². The summed E-state index contributed by atoms with van der Waals surface area (Å²) in [7, 11) is 0. The highest BCUT2D eigenvalue weighted by atomic mass is 15.0. The van der Waals surface area contributed by atoms with Crippen molar-refractivity contribution in [1.29, 1.82) is 15.8 Å². The summed E-state index contributed by atoms with van der Waals surface area (Å²) >= 11 is 0. The van der Waals surface area contributed by atoms with Crippen LogP contribution < -0.4 is 0 Å². The zero-order valence-electron chi connectivity index (χ0n) is 25.2. The summed E-state index contributed by atoms with van der Waals surface area (Å²) in [6, 6.07) is 44.2. The van der Waals surface area contributed by atoms with Gasteiger partial charge in [0.2, 0.25) is 0 Å². The van der Waals surface area contributed by atoms with Crippen LogP contribution >= 0.6 is 0 Å². The van der Waals surface area contributed by atoms with E-state index in [2.05, 4.69) is 50.4 Å². The third-order valence-corrected chi connectivity index (χ3v) is 8.79. The van der Waals surface area contributed by atoms with Gasteiger partial charge in [0, 0.05) is 21.7 Å². The number of aryl methyl sites for hydroxylation is 1. The fourth-order valence-corrected chi connectivity index (χ4v) is 6.91. The molecule has 0 saturated carbocycles. The van der Waals surface area contributed by atoms with E-state index in [9.17, 15) is 15.8 Å². The Kier molecular flexibility index (Phi) is 6.13. The van der Waals surface area contributed by atoms with Gasteiger partial charge in [0.05, 0.1) is 74.9 Å². The van der Waals surface area contributed by atoms with E-state index >= 15 is 0 Å². The first-order chi connectivity index (χ1) is 23.0. The predicted molar refractivity (Wildman–Crippen MR) is 186 cm³/mol. The highest BCUT2D eigenvalue weighted by molar-refractivity contribution is 6.12. The molecule has 0 aliphatic carbocycles. The second kappa shape index (κ2) is 10.5. The second-order valence-corrected chi connectivity index (χ2v) is 11.6. The molecule has 0 amide bonds. The van der Waals surface area contributed by atoms with Crippen LogP contribution in [0, 0.1) is 47.5 Å². The van der Waals surface area contributed by atoms with Gasteiger partial charge < -0.3 is 9.13 Å². The van der Waals surface area contributed by atoms with Gasteiger partial charge in [-0.1, -0.05) is 48.5 Å². The van der Waals surface area contributed by atoms with Crippen molar-refractivity contribution in [3.8, 4) is 40.7 Å². The fourth-order valence-electron chi connectivity index (χ4n) is 6.91. The van der Waals surface area contributed by atoms with Crippen LogP contribution in [0.4, 0.5) is 5.69 Å². The molecule has 0 saturated heterocycles. The predicted octanol–water partition coefficient (Wildman–Crippen LogP) is 10.0. The van der Waals surface area contributed by atoms with Crippen LogP contribution in [0.25, 0.3) is 71.0 Å². The molecule has 6 heteroatoms. The van der Waals surface area contributed by atoms with E-state index in [1.165, 1.54) is 0 Å². The Morgan fingerprint density at radius 2 is 1.06 bits per heavy atom. The minimum absolute atomic E-state index is 0.468. The van der Waals surface area contributed by atoms with E-state index in [0.717, 1.165) is 71.7 Å². The van der Waals surface area contributed by atoms with E-state index in [4.69, 9.17) is 6.57 Å². The van der Waals surface area contributed by atoms with Crippen LogP contribution in [0.3, 0.4) is 0 Å². The molecule has 2 heterocycles. The first-order valence-electron chi connectivity index (χ1n) is 15.0. The van der Waals surface area contributed by atoms with Crippen molar-refractivity contribution < 1.29 is 0 Å². The van der Waals surface area contributed by atoms with E-state index < -0.39 is 0 Å². The number of para-hydroxylation sites is 2. The number of fused-ring (bicyclic) bond motifs is 6. The molecule has 0 fully saturated rings. The van der Waals surface area contributed by atoms with Gasteiger partial charge in [-0.3, -0.25) is 0 Å². The molecule has 2 aromatic heterocycles. The first-order valence-corrected chi connectivity index (χ1v) is 15.0. The number of nitriles is 3. The minimum Gasteiger partial charge on any atom is -0.309 e. The van der Waals surface area contributed by atoms with E-state index in [1.807, 2.05) is 104 Å². The third kappa shape index (κ3) is 4.15. The van der Waals surface area contributed by atoms with Crippen molar-refractivity contribution in [3.63, 3.8) is 0 Å². The average molecular weight is 599 g/mol. The average Bonchev–Trinajstić information content (AvgIpc) is 3.62. The highest BCUT2D eigenvalue weighted by Gasteiger charge is 2.23. The summed E-state index contributed by atoms with van der Waals surface area (Å²) in [6.45, 7) is 9.63. The summed E-state index contributed by atoms with van der Waals surface area (Å²) in [6.07, 6.45) is 0. The lowest BCUT2D eigenvalue weighted by Crippen LogP contribution is -2.05. The van der Waals surface area contributed by atoms with Crippen LogP contribution in [0.15, 0.2) is 115 Å². The summed E-state index contributed by atoms with van der Waals surface area (Å²) < 4.78 is 4.32. The molecule has 0 aliphatic heterocycles. The SMILES string of the molecule is [C-]#[N+]c1ccc2c(c1)c1ccccc1n2-c1cc(C#N)cc(-n2c3ccccc3c3cc(C#N)ccc32)c1-c1cc(C)cc(C#N)c1. The molecule has 216 valence electrons. The van der Waals surface area contributed by atoms with Crippen LogP contribution in [-0.4, -0.2) is 9.13 Å². The molecule has 47 heavy (non-hydrogen) atoms. The minimum atomic E-state index is 0.468. The smallest absolute Gasteiger partial charge is 0.188 e. The van der Waals surface area contributed by atoms with Crippen LogP contribution in [-0.2, 0) is 0 Å². The molecule has 0 atom stereocenters. The Morgan fingerprint density at radius 3 is 1.66 bits per heavy atom. The molecule has 0 radical (unpaired) electrons. The van der Waals surface area contributed by atoms with Crippen molar-refractivity contribution in [2.45, 2.75) is 6.92 Å². The molecule has 0 spiro atoms. The molecule has 0 bridgehead atoms. The third-order valence-electron chi connectivity index (χ3n) is 8.79. The molecule has 6 nitrogen and oxygen atoms in total. The monoisotopic (exact) mass is 598 g/mol. The van der Waals surface area contributed by atoms with Gasteiger partial charge in [0.1, 0.15) is 0 Å². The topological polar surface area (TPSA) is 85.6 Å². The molecule has 6 aromatic carbocycles. The van der Waals surface area contributed by atoms with Gasteiger partial charge in [0.15, 0.2) is 5.69 Å². The van der Waals surface area contributed by atoms with E-state index in [0.29, 0.717) is 22.4 Å². The van der Waals surface area contributed by atoms with Crippen LogP contribution in [0.1, 0.15) is 22.3 Å². The van der Waals surface area contributed by atoms with Crippen molar-refractivity contribution in [2.24, 2.45) is 0 Å². The normalized spacial score (nSPS) is 11.0. The van der Waals surface area contributed by atoms with Crippen molar-refractivity contribution in [2.75, 3.05) is 0 Å². The summed E-state index contributed by atoms with van der Waals surface area (Å²) in [5, 5.41) is 34.1.